The van der Waals surface area contributed by atoms with Crippen LogP contribution in [-0.4, -0.2) is 61.3 Å². The van der Waals surface area contributed by atoms with Gasteiger partial charge in [-0.25, -0.2) is 0 Å². The molecule has 5 atom stereocenters. The van der Waals surface area contributed by atoms with Gasteiger partial charge in [0, 0.05) is 11.6 Å². The molecule has 0 bridgehead atoms. The fourth-order valence-electron chi connectivity index (χ4n) is 3.39. The van der Waals surface area contributed by atoms with Crippen LogP contribution < -0.4 is 10.2 Å². The zero-order valence-corrected chi connectivity index (χ0v) is 16.2. The lowest BCUT2D eigenvalue weighted by Crippen LogP contribution is -2.58. The third-order valence-corrected chi connectivity index (χ3v) is 5.09. The number of rotatable bonds is 3. The maximum Gasteiger partial charge on any atom is 0.235 e. The molecule has 1 aromatic heterocycles. The van der Waals surface area contributed by atoms with Crippen molar-refractivity contribution in [3.05, 3.63) is 46.6 Å². The molecular formula is C21H20O10. The minimum absolute atomic E-state index is 0.0425. The van der Waals surface area contributed by atoms with Crippen LogP contribution >= 0.6 is 0 Å². The lowest BCUT2D eigenvalue weighted by molar-refractivity contribution is -0.268. The molecule has 10 heteroatoms. The maximum absolute atomic E-state index is 13.2. The smallest absolute Gasteiger partial charge is 0.235 e. The Hall–Kier alpha value is -3.31. The van der Waals surface area contributed by atoms with Crippen LogP contribution in [-0.2, 0) is 4.74 Å². The largest absolute Gasteiger partial charge is 0.508 e. The molecule has 2 heterocycles. The fraction of sp³-hybridized carbons (Fsp3) is 0.286. The van der Waals surface area contributed by atoms with Crippen molar-refractivity contribution in [2.24, 2.45) is 0 Å². The van der Waals surface area contributed by atoms with Crippen LogP contribution in [0.15, 0.2) is 45.6 Å². The molecule has 10 nitrogen and oxygen atoms in total. The number of hydrogen-bond acceptors (Lipinski definition) is 10. The molecule has 5 unspecified atom stereocenters. The molecule has 0 spiro atoms. The summed E-state index contributed by atoms with van der Waals surface area (Å²) in [6.45, 7) is 1.45. The van der Waals surface area contributed by atoms with Crippen molar-refractivity contribution >= 4 is 11.0 Å². The van der Waals surface area contributed by atoms with Gasteiger partial charge in [0.1, 0.15) is 29.8 Å². The predicted molar refractivity (Wildman–Crippen MR) is 106 cm³/mol. The molecule has 1 saturated heterocycles. The summed E-state index contributed by atoms with van der Waals surface area (Å²) in [5, 5.41) is 59.5. The fourth-order valence-corrected chi connectivity index (χ4v) is 3.39. The first kappa shape index (κ1) is 20.9. The summed E-state index contributed by atoms with van der Waals surface area (Å²) in [7, 11) is 0. The van der Waals surface area contributed by atoms with E-state index in [9.17, 15) is 35.4 Å². The van der Waals surface area contributed by atoms with E-state index < -0.39 is 47.6 Å². The molecule has 2 aromatic carbocycles. The van der Waals surface area contributed by atoms with Crippen molar-refractivity contribution < 1.29 is 44.5 Å². The lowest BCUT2D eigenvalue weighted by Gasteiger charge is -2.38. The van der Waals surface area contributed by atoms with Gasteiger partial charge in [0.15, 0.2) is 17.1 Å². The summed E-state index contributed by atoms with van der Waals surface area (Å²) in [6, 6.07) is 7.63. The lowest BCUT2D eigenvalue weighted by atomic mass is 10.00. The number of benzene rings is 2. The van der Waals surface area contributed by atoms with E-state index in [-0.39, 0.29) is 28.2 Å². The average molecular weight is 432 g/mol. The zero-order valence-electron chi connectivity index (χ0n) is 16.2. The first-order valence-electron chi connectivity index (χ1n) is 9.36. The van der Waals surface area contributed by atoms with Gasteiger partial charge >= 0.3 is 0 Å². The number of phenolic OH excluding ortho intramolecular Hbond substituents is 3. The van der Waals surface area contributed by atoms with Crippen molar-refractivity contribution in [2.75, 3.05) is 0 Å². The van der Waals surface area contributed by atoms with E-state index in [2.05, 4.69) is 0 Å². The van der Waals surface area contributed by atoms with Crippen LogP contribution in [0, 0.1) is 0 Å². The van der Waals surface area contributed by atoms with E-state index in [1.807, 2.05) is 0 Å². The molecular weight excluding hydrogens is 412 g/mol. The molecule has 0 amide bonds. The summed E-state index contributed by atoms with van der Waals surface area (Å²) in [5.74, 6) is -1.49. The van der Waals surface area contributed by atoms with Gasteiger partial charge in [0.25, 0.3) is 0 Å². The molecule has 0 saturated carbocycles. The van der Waals surface area contributed by atoms with E-state index in [1.54, 1.807) is 0 Å². The highest BCUT2D eigenvalue weighted by atomic mass is 16.7. The van der Waals surface area contributed by atoms with Gasteiger partial charge in [0.2, 0.25) is 17.5 Å². The predicted octanol–water partition coefficient (Wildman–Crippen LogP) is 0.783. The molecule has 3 aromatic rings. The van der Waals surface area contributed by atoms with Crippen LogP contribution in [0.2, 0.25) is 0 Å². The van der Waals surface area contributed by atoms with Gasteiger partial charge < -0.3 is 44.5 Å². The molecule has 4 rings (SSSR count). The number of aliphatic hydroxyl groups is 3. The quantitative estimate of drug-likeness (QED) is 0.348. The topological polar surface area (TPSA) is 170 Å². The van der Waals surface area contributed by atoms with Crippen LogP contribution in [0.4, 0.5) is 0 Å². The monoisotopic (exact) mass is 432 g/mol. The minimum Gasteiger partial charge on any atom is -0.508 e. The van der Waals surface area contributed by atoms with Crippen LogP contribution in [0.25, 0.3) is 22.3 Å². The van der Waals surface area contributed by atoms with E-state index in [1.165, 1.54) is 31.2 Å². The summed E-state index contributed by atoms with van der Waals surface area (Å²) in [6.07, 6.45) is -7.09. The maximum atomic E-state index is 13.2. The number of aliphatic hydroxyl groups excluding tert-OH is 3. The minimum atomic E-state index is -1.69. The molecule has 1 fully saturated rings. The Morgan fingerprint density at radius 3 is 2.26 bits per heavy atom. The number of fused-ring (bicyclic) bond motifs is 1. The third kappa shape index (κ3) is 3.66. The molecule has 164 valence electrons. The van der Waals surface area contributed by atoms with Crippen LogP contribution in [0.3, 0.4) is 0 Å². The molecule has 1 aliphatic heterocycles. The van der Waals surface area contributed by atoms with Gasteiger partial charge in [-0.1, -0.05) is 0 Å². The summed E-state index contributed by atoms with van der Waals surface area (Å²) < 4.78 is 16.7. The summed E-state index contributed by atoms with van der Waals surface area (Å²) in [4.78, 5) is 13.2. The third-order valence-electron chi connectivity index (χ3n) is 5.09. The number of ether oxygens (including phenoxy) is 2. The number of hydrogen-bond donors (Lipinski definition) is 6. The zero-order chi connectivity index (χ0) is 22.4. The Kier molecular flexibility index (Phi) is 5.23. The first-order chi connectivity index (χ1) is 14.7. The number of phenols is 3. The molecule has 1 aliphatic rings. The highest BCUT2D eigenvalue weighted by Gasteiger charge is 2.43. The summed E-state index contributed by atoms with van der Waals surface area (Å²) in [5.41, 5.74) is -0.718. The highest BCUT2D eigenvalue weighted by Crippen LogP contribution is 2.37. The van der Waals surface area contributed by atoms with E-state index in [4.69, 9.17) is 13.9 Å². The second-order valence-electron chi connectivity index (χ2n) is 7.28. The molecule has 0 aliphatic carbocycles. The van der Waals surface area contributed by atoms with Gasteiger partial charge in [-0.15, -0.1) is 0 Å². The summed E-state index contributed by atoms with van der Waals surface area (Å²) >= 11 is 0. The van der Waals surface area contributed by atoms with Crippen LogP contribution in [0.1, 0.15) is 6.92 Å². The molecule has 31 heavy (non-hydrogen) atoms. The Balaban J connectivity index is 1.90. The Morgan fingerprint density at radius 2 is 1.58 bits per heavy atom. The van der Waals surface area contributed by atoms with Gasteiger partial charge in [-0.05, 0) is 37.3 Å². The van der Waals surface area contributed by atoms with Crippen molar-refractivity contribution in [3.8, 4) is 34.3 Å². The molecule has 6 N–H and O–H groups in total. The van der Waals surface area contributed by atoms with Crippen molar-refractivity contribution in [3.63, 3.8) is 0 Å². The Bertz CT molecular complexity index is 1170. The van der Waals surface area contributed by atoms with E-state index >= 15 is 0 Å². The second-order valence-corrected chi connectivity index (χ2v) is 7.28. The van der Waals surface area contributed by atoms with Crippen molar-refractivity contribution in [2.45, 2.75) is 37.6 Å². The van der Waals surface area contributed by atoms with Gasteiger partial charge in [-0.3, -0.25) is 4.79 Å². The normalized spacial score (nSPS) is 26.1. The van der Waals surface area contributed by atoms with E-state index in [0.717, 1.165) is 12.1 Å². The van der Waals surface area contributed by atoms with E-state index in [0.29, 0.717) is 5.56 Å². The highest BCUT2D eigenvalue weighted by molar-refractivity contribution is 5.87. The van der Waals surface area contributed by atoms with Crippen molar-refractivity contribution in [1.82, 2.24) is 0 Å². The second kappa shape index (κ2) is 7.75. The Morgan fingerprint density at radius 1 is 0.903 bits per heavy atom. The van der Waals surface area contributed by atoms with Gasteiger partial charge in [-0.2, -0.15) is 0 Å². The molecule has 0 radical (unpaired) electrons. The standard InChI is InChI=1S/C21H20O10/c1-8-14(25)16(27)17(28)21(29-8)31-20-15(26)12-6-11(23)7-13(24)19(12)30-18(20)9-2-4-10(22)5-3-9/h2-8,14,16-17,21-25,27-28H,1H3. The first-order valence-corrected chi connectivity index (χ1v) is 9.36. The number of aromatic hydroxyl groups is 3. The van der Waals surface area contributed by atoms with Crippen molar-refractivity contribution in [1.29, 1.82) is 0 Å². The van der Waals surface area contributed by atoms with Gasteiger partial charge in [0.05, 0.1) is 11.5 Å². The SMILES string of the molecule is CC1OC(Oc2c(-c3ccc(O)cc3)oc3c(O)cc(O)cc3c2=O)C(O)C(O)C1O. The van der Waals surface area contributed by atoms with Crippen LogP contribution in [0.5, 0.6) is 23.0 Å². The average Bonchev–Trinajstić information content (AvgIpc) is 2.73. The Labute approximate surface area is 174 Å².